The Bertz CT molecular complexity index is 368. The normalized spacial score (nSPS) is 12.2. The number of ether oxygens (including phenoxy) is 1. The maximum Gasteiger partial charge on any atom is 0.138 e. The molecule has 0 aliphatic carbocycles. The monoisotopic (exact) mass is 283 g/mol. The van der Waals surface area contributed by atoms with E-state index in [1.165, 1.54) is 32.1 Å². The quantitative estimate of drug-likeness (QED) is 0.603. The maximum atomic E-state index is 6.17. The van der Waals surface area contributed by atoms with Gasteiger partial charge in [-0.2, -0.15) is 0 Å². The Labute approximate surface area is 122 Å². The highest BCUT2D eigenvalue weighted by Gasteiger charge is 2.05. The van der Waals surface area contributed by atoms with Gasteiger partial charge in [-0.05, 0) is 38.5 Å². The van der Waals surface area contributed by atoms with Crippen LogP contribution in [0.3, 0.4) is 0 Å². The highest BCUT2D eigenvalue weighted by Crippen LogP contribution is 2.28. The van der Waals surface area contributed by atoms with E-state index in [2.05, 4.69) is 19.2 Å². The molecule has 1 aromatic carbocycles. The molecular weight excluding hydrogens is 258 g/mol. The van der Waals surface area contributed by atoms with Gasteiger partial charge in [0.05, 0.1) is 11.6 Å². The van der Waals surface area contributed by atoms with Crippen molar-refractivity contribution in [2.75, 3.05) is 11.9 Å². The third-order valence-corrected chi connectivity index (χ3v) is 3.43. The Hall–Kier alpha value is -0.890. The summed E-state index contributed by atoms with van der Waals surface area (Å²) in [5, 5.41) is 4.16. The van der Waals surface area contributed by atoms with Crippen LogP contribution in [0.5, 0.6) is 5.75 Å². The Balaban J connectivity index is 2.41. The highest BCUT2D eigenvalue weighted by atomic mass is 35.5. The molecule has 0 radical (unpaired) electrons. The van der Waals surface area contributed by atoms with E-state index in [-0.39, 0.29) is 0 Å². The third kappa shape index (κ3) is 6.20. The minimum Gasteiger partial charge on any atom is -0.492 e. The molecule has 108 valence electrons. The molecule has 0 amide bonds. The number of hydrogen-bond acceptors (Lipinski definition) is 2. The summed E-state index contributed by atoms with van der Waals surface area (Å²) in [5.41, 5.74) is 1.07. The fraction of sp³-hybridized carbons (Fsp3) is 0.625. The van der Waals surface area contributed by atoms with Crippen LogP contribution in [-0.2, 0) is 0 Å². The summed E-state index contributed by atoms with van der Waals surface area (Å²) < 4.78 is 5.43. The van der Waals surface area contributed by atoms with Crippen LogP contribution in [0, 0.1) is 0 Å². The molecule has 1 rings (SSSR count). The van der Waals surface area contributed by atoms with Crippen molar-refractivity contribution >= 4 is 17.3 Å². The third-order valence-electron chi connectivity index (χ3n) is 3.14. The molecule has 0 saturated carbocycles. The Morgan fingerprint density at radius 3 is 2.63 bits per heavy atom. The van der Waals surface area contributed by atoms with E-state index < -0.39 is 0 Å². The van der Waals surface area contributed by atoms with Gasteiger partial charge in [0.2, 0.25) is 0 Å². The van der Waals surface area contributed by atoms with Crippen molar-refractivity contribution in [2.24, 2.45) is 0 Å². The van der Waals surface area contributed by atoms with Crippen LogP contribution >= 0.6 is 11.6 Å². The molecule has 3 heteroatoms. The molecule has 0 heterocycles. The van der Waals surface area contributed by atoms with E-state index in [0.29, 0.717) is 17.7 Å². The molecular formula is C16H26ClNO. The average molecular weight is 284 g/mol. The summed E-state index contributed by atoms with van der Waals surface area (Å²) in [6.07, 6.45) is 6.43. The minimum atomic E-state index is 0.478. The Kier molecular flexibility index (Phi) is 7.73. The van der Waals surface area contributed by atoms with E-state index in [9.17, 15) is 0 Å². The summed E-state index contributed by atoms with van der Waals surface area (Å²) in [5.74, 6) is 0.755. The summed E-state index contributed by atoms with van der Waals surface area (Å²) in [6, 6.07) is 6.37. The molecule has 2 nitrogen and oxygen atoms in total. The summed E-state index contributed by atoms with van der Waals surface area (Å²) >= 11 is 6.17. The first-order chi connectivity index (χ1) is 9.17. The van der Waals surface area contributed by atoms with Crippen molar-refractivity contribution in [2.45, 2.75) is 58.9 Å². The van der Waals surface area contributed by atoms with Gasteiger partial charge in [-0.1, -0.05) is 44.2 Å². The predicted octanol–water partition coefficient (Wildman–Crippen LogP) is 5.51. The first-order valence-electron chi connectivity index (χ1n) is 7.36. The zero-order chi connectivity index (χ0) is 14.1. The van der Waals surface area contributed by atoms with Crippen molar-refractivity contribution in [3.05, 3.63) is 23.2 Å². The molecule has 1 atom stereocenters. The number of nitrogens with one attached hydrogen (secondary N) is 1. The van der Waals surface area contributed by atoms with Crippen LogP contribution in [0.1, 0.15) is 52.9 Å². The van der Waals surface area contributed by atoms with Crippen molar-refractivity contribution in [1.29, 1.82) is 0 Å². The van der Waals surface area contributed by atoms with Crippen molar-refractivity contribution < 1.29 is 4.74 Å². The minimum absolute atomic E-state index is 0.478. The Morgan fingerprint density at radius 1 is 1.21 bits per heavy atom. The molecule has 19 heavy (non-hydrogen) atoms. The van der Waals surface area contributed by atoms with Crippen LogP contribution in [-0.4, -0.2) is 12.6 Å². The fourth-order valence-corrected chi connectivity index (χ4v) is 2.33. The van der Waals surface area contributed by atoms with Crippen LogP contribution in [0.2, 0.25) is 5.02 Å². The highest BCUT2D eigenvalue weighted by molar-refractivity contribution is 6.32. The maximum absolute atomic E-state index is 6.17. The lowest BCUT2D eigenvalue weighted by molar-refractivity contribution is 0.340. The lowest BCUT2D eigenvalue weighted by atomic mass is 10.1. The van der Waals surface area contributed by atoms with Crippen LogP contribution in [0.4, 0.5) is 5.69 Å². The second-order valence-electron chi connectivity index (χ2n) is 4.97. The summed E-state index contributed by atoms with van der Waals surface area (Å²) in [7, 11) is 0. The number of benzene rings is 1. The van der Waals surface area contributed by atoms with Gasteiger partial charge in [0, 0.05) is 11.7 Å². The van der Waals surface area contributed by atoms with E-state index in [1.54, 1.807) is 0 Å². The molecule has 0 saturated heterocycles. The van der Waals surface area contributed by atoms with Crippen molar-refractivity contribution in [3.8, 4) is 5.75 Å². The van der Waals surface area contributed by atoms with E-state index in [0.717, 1.165) is 11.4 Å². The van der Waals surface area contributed by atoms with Gasteiger partial charge in [0.15, 0.2) is 0 Å². The zero-order valence-corrected chi connectivity index (χ0v) is 13.1. The predicted molar refractivity (Wildman–Crippen MR) is 84.5 cm³/mol. The van der Waals surface area contributed by atoms with Gasteiger partial charge in [-0.15, -0.1) is 0 Å². The summed E-state index contributed by atoms with van der Waals surface area (Å²) in [4.78, 5) is 0. The SMILES string of the molecule is CCCCCCC(C)Nc1ccc(OCC)c(Cl)c1. The largest absolute Gasteiger partial charge is 0.492 e. The fourth-order valence-electron chi connectivity index (χ4n) is 2.10. The summed E-state index contributed by atoms with van der Waals surface area (Å²) in [6.45, 7) is 7.06. The van der Waals surface area contributed by atoms with Gasteiger partial charge in [0.1, 0.15) is 5.75 Å². The molecule has 1 N–H and O–H groups in total. The molecule has 0 fully saturated rings. The molecule has 0 aliphatic rings. The van der Waals surface area contributed by atoms with E-state index >= 15 is 0 Å². The number of halogens is 1. The van der Waals surface area contributed by atoms with Gasteiger partial charge in [-0.3, -0.25) is 0 Å². The Morgan fingerprint density at radius 2 is 2.00 bits per heavy atom. The van der Waals surface area contributed by atoms with E-state index in [1.807, 2.05) is 25.1 Å². The average Bonchev–Trinajstić information content (AvgIpc) is 2.38. The van der Waals surface area contributed by atoms with Crippen LogP contribution in [0.25, 0.3) is 0 Å². The zero-order valence-electron chi connectivity index (χ0n) is 12.3. The number of unbranched alkanes of at least 4 members (excludes halogenated alkanes) is 3. The lowest BCUT2D eigenvalue weighted by Crippen LogP contribution is -2.14. The molecule has 1 aromatic rings. The lowest BCUT2D eigenvalue weighted by Gasteiger charge is -2.16. The van der Waals surface area contributed by atoms with E-state index in [4.69, 9.17) is 16.3 Å². The van der Waals surface area contributed by atoms with Gasteiger partial charge in [-0.25, -0.2) is 0 Å². The smallest absolute Gasteiger partial charge is 0.138 e. The van der Waals surface area contributed by atoms with Gasteiger partial charge in [0.25, 0.3) is 0 Å². The number of rotatable bonds is 9. The standard InChI is InChI=1S/C16H26ClNO/c1-4-6-7-8-9-13(3)18-14-10-11-16(19-5-2)15(17)12-14/h10-13,18H,4-9H2,1-3H3. The first-order valence-corrected chi connectivity index (χ1v) is 7.74. The van der Waals surface area contributed by atoms with Crippen molar-refractivity contribution in [1.82, 2.24) is 0 Å². The van der Waals surface area contributed by atoms with Gasteiger partial charge < -0.3 is 10.1 Å². The molecule has 0 spiro atoms. The molecule has 0 aromatic heterocycles. The molecule has 0 bridgehead atoms. The first kappa shape index (κ1) is 16.2. The van der Waals surface area contributed by atoms with Crippen molar-refractivity contribution in [3.63, 3.8) is 0 Å². The molecule has 1 unspecified atom stereocenters. The number of hydrogen-bond donors (Lipinski definition) is 1. The van der Waals surface area contributed by atoms with Crippen LogP contribution < -0.4 is 10.1 Å². The molecule has 0 aliphatic heterocycles. The van der Waals surface area contributed by atoms with Crippen LogP contribution in [0.15, 0.2) is 18.2 Å². The van der Waals surface area contributed by atoms with Gasteiger partial charge >= 0.3 is 0 Å². The second-order valence-corrected chi connectivity index (χ2v) is 5.38. The number of anilines is 1. The topological polar surface area (TPSA) is 21.3 Å². The second kappa shape index (κ2) is 9.08.